The smallest absolute Gasteiger partial charge is 0.387 e. The van der Waals surface area contributed by atoms with Crippen molar-refractivity contribution in [2.24, 2.45) is 0 Å². The highest BCUT2D eigenvalue weighted by Gasteiger charge is 2.45. The lowest BCUT2D eigenvalue weighted by Crippen LogP contribution is -2.33. The van der Waals surface area contributed by atoms with Crippen molar-refractivity contribution in [1.29, 1.82) is 0 Å². The topological polar surface area (TPSA) is 180 Å². The van der Waals surface area contributed by atoms with Gasteiger partial charge in [-0.3, -0.25) is 13.9 Å². The van der Waals surface area contributed by atoms with Crippen molar-refractivity contribution in [2.75, 3.05) is 6.61 Å². The minimum atomic E-state index is -4.74. The van der Waals surface area contributed by atoms with Crippen molar-refractivity contribution in [1.82, 2.24) is 19.5 Å². The third-order valence-electron chi connectivity index (χ3n) is 3.38. The Morgan fingerprint density at radius 3 is 2.78 bits per heavy atom. The molecule has 0 aliphatic carbocycles. The molecule has 2 aromatic heterocycles. The summed E-state index contributed by atoms with van der Waals surface area (Å²) in [5.41, 5.74) is -0.336. The lowest BCUT2D eigenvalue weighted by Gasteiger charge is -2.16. The van der Waals surface area contributed by atoms with Crippen molar-refractivity contribution in [3.63, 3.8) is 0 Å². The average molecular weight is 348 g/mol. The Kier molecular flexibility index (Phi) is 4.06. The van der Waals surface area contributed by atoms with Gasteiger partial charge in [-0.05, 0) is 0 Å². The number of phosphoric ester groups is 1. The zero-order valence-electron chi connectivity index (χ0n) is 11.4. The summed E-state index contributed by atoms with van der Waals surface area (Å²) in [4.78, 5) is 39.1. The van der Waals surface area contributed by atoms with Gasteiger partial charge in [-0.25, -0.2) is 14.5 Å². The van der Waals surface area contributed by atoms with Gasteiger partial charge in [0, 0.05) is 0 Å². The molecule has 0 bridgehead atoms. The van der Waals surface area contributed by atoms with Gasteiger partial charge < -0.3 is 29.7 Å². The van der Waals surface area contributed by atoms with E-state index >= 15 is 0 Å². The maximum absolute atomic E-state index is 11.6. The highest BCUT2D eigenvalue weighted by molar-refractivity contribution is 7.46. The summed E-state index contributed by atoms with van der Waals surface area (Å²) in [6.45, 7) is -0.625. The molecule has 1 saturated heterocycles. The third-order valence-corrected chi connectivity index (χ3v) is 3.87. The molecular weight excluding hydrogens is 335 g/mol. The van der Waals surface area contributed by atoms with Gasteiger partial charge in [-0.2, -0.15) is 0 Å². The molecule has 1 aliphatic heterocycles. The summed E-state index contributed by atoms with van der Waals surface area (Å²) in [5, 5.41) is 20.0. The summed E-state index contributed by atoms with van der Waals surface area (Å²) in [6.07, 6.45) is -2.85. The third kappa shape index (κ3) is 3.05. The minimum absolute atomic E-state index is 0.0210. The number of rotatable bonds is 4. The van der Waals surface area contributed by atoms with E-state index in [0.29, 0.717) is 0 Å². The van der Waals surface area contributed by atoms with Crippen LogP contribution in [-0.2, 0) is 13.8 Å². The second kappa shape index (κ2) is 5.76. The SMILES string of the molecule is O=c1[nH]cnc2c1ncn2[C@H]1O[C@@H](COP(=O)(O)O)[C@@H](O)C1O. The Bertz CT molecular complexity index is 815. The lowest BCUT2D eigenvalue weighted by atomic mass is 10.1. The molecule has 3 heterocycles. The predicted molar refractivity (Wildman–Crippen MR) is 72.1 cm³/mol. The van der Waals surface area contributed by atoms with Crippen LogP contribution in [0.5, 0.6) is 0 Å². The van der Waals surface area contributed by atoms with E-state index < -0.39 is 44.5 Å². The number of aromatic nitrogens is 4. The van der Waals surface area contributed by atoms with Gasteiger partial charge in [-0.15, -0.1) is 0 Å². The molecule has 12 nitrogen and oxygen atoms in total. The Hall–Kier alpha value is -1.66. The number of hydrogen-bond donors (Lipinski definition) is 5. The van der Waals surface area contributed by atoms with Gasteiger partial charge >= 0.3 is 7.82 Å². The van der Waals surface area contributed by atoms with E-state index in [-0.39, 0.29) is 11.2 Å². The monoisotopic (exact) mass is 348 g/mol. The number of nitrogens with zero attached hydrogens (tertiary/aromatic N) is 3. The van der Waals surface area contributed by atoms with Crippen LogP contribution in [-0.4, -0.2) is 64.4 Å². The van der Waals surface area contributed by atoms with Gasteiger partial charge in [0.1, 0.15) is 18.3 Å². The van der Waals surface area contributed by atoms with Crippen LogP contribution in [0.15, 0.2) is 17.4 Å². The van der Waals surface area contributed by atoms with E-state index in [0.717, 1.165) is 6.33 Å². The molecule has 2 aromatic rings. The number of imidazole rings is 1. The first-order valence-corrected chi connectivity index (χ1v) is 7.93. The number of phosphoric acid groups is 1. The van der Waals surface area contributed by atoms with Crippen molar-refractivity contribution in [3.05, 3.63) is 23.0 Å². The van der Waals surface area contributed by atoms with E-state index in [9.17, 15) is 19.6 Å². The zero-order chi connectivity index (χ0) is 16.8. The van der Waals surface area contributed by atoms with Gasteiger partial charge in [0.05, 0.1) is 19.3 Å². The normalized spacial score (nSPS) is 28.5. The number of aromatic amines is 1. The number of fused-ring (bicyclic) bond motifs is 1. The molecule has 4 atom stereocenters. The number of aliphatic hydroxyl groups is 2. The van der Waals surface area contributed by atoms with Gasteiger partial charge in [0.25, 0.3) is 5.56 Å². The largest absolute Gasteiger partial charge is 0.469 e. The number of hydrogen-bond acceptors (Lipinski definition) is 8. The molecule has 0 amide bonds. The maximum atomic E-state index is 11.6. The lowest BCUT2D eigenvalue weighted by molar-refractivity contribution is -0.0504. The molecular formula is C10H13N4O8P. The molecule has 13 heteroatoms. The summed E-state index contributed by atoms with van der Waals surface area (Å²) < 4.78 is 21.6. The van der Waals surface area contributed by atoms with Crippen molar-refractivity contribution in [2.45, 2.75) is 24.5 Å². The van der Waals surface area contributed by atoms with Crippen molar-refractivity contribution >= 4 is 19.0 Å². The van der Waals surface area contributed by atoms with E-state index in [1.165, 1.54) is 10.9 Å². The molecule has 0 spiro atoms. The molecule has 0 radical (unpaired) electrons. The molecule has 1 fully saturated rings. The first-order valence-electron chi connectivity index (χ1n) is 6.40. The second-order valence-corrected chi connectivity index (χ2v) is 6.13. The fraction of sp³-hybridized carbons (Fsp3) is 0.500. The highest BCUT2D eigenvalue weighted by Crippen LogP contribution is 2.38. The van der Waals surface area contributed by atoms with Crippen LogP contribution in [0.3, 0.4) is 0 Å². The molecule has 0 saturated carbocycles. The van der Waals surface area contributed by atoms with E-state index in [4.69, 9.17) is 14.5 Å². The Labute approximate surface area is 127 Å². The van der Waals surface area contributed by atoms with Gasteiger partial charge in [-0.1, -0.05) is 0 Å². The van der Waals surface area contributed by atoms with Crippen LogP contribution in [0.1, 0.15) is 6.23 Å². The summed E-state index contributed by atoms with van der Waals surface area (Å²) in [5.74, 6) is 0. The molecule has 1 aliphatic rings. The Morgan fingerprint density at radius 2 is 2.09 bits per heavy atom. The number of H-pyrrole nitrogens is 1. The summed E-state index contributed by atoms with van der Waals surface area (Å²) >= 11 is 0. The highest BCUT2D eigenvalue weighted by atomic mass is 31.2. The van der Waals surface area contributed by atoms with Crippen LogP contribution in [0, 0.1) is 0 Å². The molecule has 23 heavy (non-hydrogen) atoms. The van der Waals surface area contributed by atoms with Crippen molar-refractivity contribution in [3.8, 4) is 0 Å². The van der Waals surface area contributed by atoms with E-state index in [2.05, 4.69) is 19.5 Å². The molecule has 0 aromatic carbocycles. The first kappa shape index (κ1) is 16.2. The van der Waals surface area contributed by atoms with Crippen molar-refractivity contribution < 1.29 is 33.8 Å². The van der Waals surface area contributed by atoms with Gasteiger partial charge in [0.15, 0.2) is 17.4 Å². The average Bonchev–Trinajstić information content (AvgIpc) is 3.01. The number of ether oxygens (including phenoxy) is 1. The summed E-state index contributed by atoms with van der Waals surface area (Å²) in [7, 11) is -4.74. The maximum Gasteiger partial charge on any atom is 0.469 e. The Morgan fingerprint density at radius 1 is 1.35 bits per heavy atom. The fourth-order valence-electron chi connectivity index (χ4n) is 2.32. The first-order chi connectivity index (χ1) is 10.8. The van der Waals surface area contributed by atoms with Crippen LogP contribution in [0.25, 0.3) is 11.2 Å². The van der Waals surface area contributed by atoms with E-state index in [1.807, 2.05) is 0 Å². The molecule has 5 N–H and O–H groups in total. The molecule has 1 unspecified atom stereocenters. The van der Waals surface area contributed by atoms with Gasteiger partial charge in [0.2, 0.25) is 0 Å². The van der Waals surface area contributed by atoms with Crippen LogP contribution in [0.4, 0.5) is 0 Å². The fourth-order valence-corrected chi connectivity index (χ4v) is 2.66. The molecule has 126 valence electrons. The quantitative estimate of drug-likeness (QED) is 0.382. The standard InChI is InChI=1S/C10H13N4O8P/c15-6-4(1-21-23(18,19)20)22-10(7(6)16)14-3-13-5-8(14)11-2-12-9(5)17/h2-4,6-7,10,15-16H,1H2,(H,11,12,17)(H2,18,19,20)/t4-,6+,7?,10-/m0/s1. The number of aliphatic hydroxyl groups excluding tert-OH is 2. The summed E-state index contributed by atoms with van der Waals surface area (Å²) in [6, 6.07) is 0. The Balaban J connectivity index is 1.87. The van der Waals surface area contributed by atoms with Crippen LogP contribution >= 0.6 is 7.82 Å². The minimum Gasteiger partial charge on any atom is -0.387 e. The predicted octanol–water partition coefficient (Wildman–Crippen LogP) is -2.15. The van der Waals surface area contributed by atoms with Crippen LogP contribution in [0.2, 0.25) is 0 Å². The zero-order valence-corrected chi connectivity index (χ0v) is 12.3. The molecule has 3 rings (SSSR count). The second-order valence-electron chi connectivity index (χ2n) is 4.89. The van der Waals surface area contributed by atoms with E-state index in [1.54, 1.807) is 0 Å². The van der Waals surface area contributed by atoms with Crippen LogP contribution < -0.4 is 5.56 Å². The number of nitrogens with one attached hydrogen (secondary N) is 1.